The van der Waals surface area contributed by atoms with E-state index < -0.39 is 17.8 Å². The van der Waals surface area contributed by atoms with E-state index in [4.69, 9.17) is 4.42 Å². The molecule has 0 aliphatic rings. The average Bonchev–Trinajstić information content (AvgIpc) is 3.45. The van der Waals surface area contributed by atoms with E-state index in [2.05, 4.69) is 25.1 Å². The van der Waals surface area contributed by atoms with Crippen molar-refractivity contribution in [2.45, 2.75) is 19.0 Å². The van der Waals surface area contributed by atoms with Gasteiger partial charge in [0.2, 0.25) is 6.39 Å². The lowest BCUT2D eigenvalue weighted by Crippen LogP contribution is -2.34. The number of aryl methyl sites for hydroxylation is 1. The third-order valence-corrected chi connectivity index (χ3v) is 5.45. The van der Waals surface area contributed by atoms with E-state index >= 15 is 0 Å². The molecule has 7 nitrogen and oxygen atoms in total. The van der Waals surface area contributed by atoms with E-state index in [0.717, 1.165) is 17.3 Å². The van der Waals surface area contributed by atoms with Crippen molar-refractivity contribution in [3.8, 4) is 22.2 Å². The Kier molecular flexibility index (Phi) is 4.09. The SMILES string of the molecule is Cc1cnc(-c2cc(C(F)(F)C(F)(F)F)nc3c2ccc2nc(-c4nnco4)cn23)s1. The molecule has 0 radical (unpaired) electrons. The van der Waals surface area contributed by atoms with Gasteiger partial charge in [-0.15, -0.1) is 21.5 Å². The first-order valence-corrected chi connectivity index (χ1v) is 9.44. The third kappa shape index (κ3) is 3.03. The zero-order valence-corrected chi connectivity index (χ0v) is 16.2. The van der Waals surface area contributed by atoms with Gasteiger partial charge in [0.1, 0.15) is 27.7 Å². The standard InChI is InChI=1S/C18H9F5N6OS/c1-8-5-24-16(31-8)10-4-12(17(19,20)18(21,22)23)27-14-9(10)2-3-13-26-11(6-29(13)14)15-28-25-7-30-15/h2-7H,1H3. The summed E-state index contributed by atoms with van der Waals surface area (Å²) in [5.74, 6) is -5.11. The molecule has 5 aromatic heterocycles. The van der Waals surface area contributed by atoms with Crippen LogP contribution in [-0.2, 0) is 5.92 Å². The Morgan fingerprint density at radius 2 is 1.90 bits per heavy atom. The van der Waals surface area contributed by atoms with Crippen LogP contribution in [0.5, 0.6) is 0 Å². The second kappa shape index (κ2) is 6.51. The Bertz CT molecular complexity index is 1420. The fourth-order valence-corrected chi connectivity index (χ4v) is 3.87. The van der Waals surface area contributed by atoms with Gasteiger partial charge in [0.25, 0.3) is 5.89 Å². The van der Waals surface area contributed by atoms with E-state index in [0.29, 0.717) is 10.4 Å². The highest BCUT2D eigenvalue weighted by Crippen LogP contribution is 2.45. The van der Waals surface area contributed by atoms with Gasteiger partial charge in [0, 0.05) is 28.2 Å². The zero-order valence-electron chi connectivity index (χ0n) is 15.4. The Morgan fingerprint density at radius 1 is 1.10 bits per heavy atom. The minimum Gasteiger partial charge on any atom is -0.422 e. The van der Waals surface area contributed by atoms with Crippen molar-refractivity contribution in [1.82, 2.24) is 29.5 Å². The van der Waals surface area contributed by atoms with E-state index in [1.165, 1.54) is 28.1 Å². The van der Waals surface area contributed by atoms with Gasteiger partial charge in [-0.05, 0) is 25.1 Å². The van der Waals surface area contributed by atoms with Crippen LogP contribution in [-0.4, -0.2) is 35.7 Å². The highest BCUT2D eigenvalue weighted by atomic mass is 32.1. The van der Waals surface area contributed by atoms with Gasteiger partial charge in [-0.25, -0.2) is 15.0 Å². The molecule has 5 heterocycles. The van der Waals surface area contributed by atoms with Crippen LogP contribution in [0.4, 0.5) is 22.0 Å². The molecule has 0 saturated carbocycles. The predicted octanol–water partition coefficient (Wildman–Crippen LogP) is 5.02. The maximum absolute atomic E-state index is 14.3. The van der Waals surface area contributed by atoms with Crippen LogP contribution in [0.25, 0.3) is 38.8 Å². The first-order chi connectivity index (χ1) is 14.6. The first-order valence-electron chi connectivity index (χ1n) is 8.62. The maximum Gasteiger partial charge on any atom is 0.459 e. The van der Waals surface area contributed by atoms with Crippen LogP contribution in [0.15, 0.2) is 41.4 Å². The molecular weight excluding hydrogens is 443 g/mol. The number of fused-ring (bicyclic) bond motifs is 3. The van der Waals surface area contributed by atoms with Gasteiger partial charge in [-0.2, -0.15) is 22.0 Å². The van der Waals surface area contributed by atoms with Gasteiger partial charge >= 0.3 is 12.1 Å². The lowest BCUT2D eigenvalue weighted by Gasteiger charge is -2.20. The highest BCUT2D eigenvalue weighted by molar-refractivity contribution is 7.15. The third-order valence-electron chi connectivity index (χ3n) is 4.51. The Hall–Kier alpha value is -3.48. The molecule has 0 spiro atoms. The predicted molar refractivity (Wildman–Crippen MR) is 99.6 cm³/mol. The quantitative estimate of drug-likeness (QED) is 0.358. The lowest BCUT2D eigenvalue weighted by atomic mass is 10.1. The average molecular weight is 452 g/mol. The molecule has 5 rings (SSSR count). The van der Waals surface area contributed by atoms with E-state index in [-0.39, 0.29) is 28.4 Å². The van der Waals surface area contributed by atoms with Crippen molar-refractivity contribution in [2.24, 2.45) is 0 Å². The van der Waals surface area contributed by atoms with Crippen LogP contribution >= 0.6 is 11.3 Å². The molecule has 0 aliphatic carbocycles. The number of rotatable bonds is 3. The highest BCUT2D eigenvalue weighted by Gasteiger charge is 2.60. The van der Waals surface area contributed by atoms with Crippen LogP contribution in [0.3, 0.4) is 0 Å². The molecule has 5 aromatic rings. The van der Waals surface area contributed by atoms with Crippen LogP contribution in [0.2, 0.25) is 0 Å². The molecule has 0 saturated heterocycles. The molecule has 0 aliphatic heterocycles. The number of thiazole rings is 1. The van der Waals surface area contributed by atoms with Crippen molar-refractivity contribution >= 4 is 28.0 Å². The summed E-state index contributed by atoms with van der Waals surface area (Å²) < 4.78 is 74.2. The number of imidazole rings is 1. The second-order valence-electron chi connectivity index (χ2n) is 6.57. The molecule has 0 fully saturated rings. The summed E-state index contributed by atoms with van der Waals surface area (Å²) in [6.45, 7) is 1.75. The summed E-state index contributed by atoms with van der Waals surface area (Å²) in [6.07, 6.45) is -1.84. The summed E-state index contributed by atoms with van der Waals surface area (Å²) in [5, 5.41) is 7.90. The van der Waals surface area contributed by atoms with Gasteiger partial charge in [-0.3, -0.25) is 4.40 Å². The Morgan fingerprint density at radius 3 is 2.55 bits per heavy atom. The lowest BCUT2D eigenvalue weighted by molar-refractivity contribution is -0.290. The summed E-state index contributed by atoms with van der Waals surface area (Å²) in [6, 6.07) is 3.86. The van der Waals surface area contributed by atoms with Gasteiger partial charge in [0.15, 0.2) is 0 Å². The Labute approximate surface area is 173 Å². The summed E-state index contributed by atoms with van der Waals surface area (Å²) in [4.78, 5) is 12.9. The molecule has 0 atom stereocenters. The van der Waals surface area contributed by atoms with Crippen molar-refractivity contribution in [2.75, 3.05) is 0 Å². The molecule has 0 unspecified atom stereocenters. The van der Waals surface area contributed by atoms with Crippen LogP contribution in [0.1, 0.15) is 10.6 Å². The van der Waals surface area contributed by atoms with Crippen molar-refractivity contribution in [1.29, 1.82) is 0 Å². The normalized spacial score (nSPS) is 12.8. The van der Waals surface area contributed by atoms with E-state index in [9.17, 15) is 22.0 Å². The monoisotopic (exact) mass is 452 g/mol. The number of pyridine rings is 2. The first kappa shape index (κ1) is 19.5. The summed E-state index contributed by atoms with van der Waals surface area (Å²) in [7, 11) is 0. The van der Waals surface area contributed by atoms with Gasteiger partial charge in [-0.1, -0.05) is 0 Å². The smallest absolute Gasteiger partial charge is 0.422 e. The topological polar surface area (TPSA) is 82.0 Å². The van der Waals surface area contributed by atoms with Crippen LogP contribution < -0.4 is 0 Å². The molecule has 31 heavy (non-hydrogen) atoms. The fraction of sp³-hybridized carbons (Fsp3) is 0.167. The number of hydrogen-bond acceptors (Lipinski definition) is 7. The molecule has 158 valence electrons. The van der Waals surface area contributed by atoms with Crippen LogP contribution in [0, 0.1) is 6.92 Å². The maximum atomic E-state index is 14.3. The number of aromatic nitrogens is 6. The summed E-state index contributed by atoms with van der Waals surface area (Å²) in [5.41, 5.74) is -0.999. The fourth-order valence-electron chi connectivity index (χ4n) is 3.08. The number of halogens is 5. The minimum absolute atomic E-state index is 0.0596. The minimum atomic E-state index is -5.82. The van der Waals surface area contributed by atoms with Crippen molar-refractivity contribution in [3.63, 3.8) is 0 Å². The van der Waals surface area contributed by atoms with Gasteiger partial charge < -0.3 is 4.42 Å². The number of alkyl halides is 5. The Balaban J connectivity index is 1.85. The number of nitrogens with zero attached hydrogens (tertiary/aromatic N) is 6. The number of hydrogen-bond donors (Lipinski definition) is 0. The van der Waals surface area contributed by atoms with Crippen molar-refractivity contribution < 1.29 is 26.4 Å². The zero-order chi connectivity index (χ0) is 22.0. The molecule has 0 amide bonds. The molecular formula is C18H9F5N6OS. The summed E-state index contributed by atoms with van der Waals surface area (Å²) >= 11 is 1.17. The largest absolute Gasteiger partial charge is 0.459 e. The molecule has 0 aromatic carbocycles. The molecule has 13 heteroatoms. The van der Waals surface area contributed by atoms with Crippen molar-refractivity contribution in [3.05, 3.63) is 47.6 Å². The van der Waals surface area contributed by atoms with Gasteiger partial charge in [0.05, 0.1) is 0 Å². The molecule has 0 N–H and O–H groups in total. The van der Waals surface area contributed by atoms with E-state index in [1.807, 2.05) is 0 Å². The second-order valence-corrected chi connectivity index (χ2v) is 7.81. The van der Waals surface area contributed by atoms with E-state index in [1.54, 1.807) is 19.1 Å². The molecule has 0 bridgehead atoms.